The molecule has 0 fully saturated rings. The number of hydrogen-bond donors (Lipinski definition) is 1. The summed E-state index contributed by atoms with van der Waals surface area (Å²) < 4.78 is 18.8. The van der Waals surface area contributed by atoms with Gasteiger partial charge in [-0.1, -0.05) is 13.0 Å². The second kappa shape index (κ2) is 6.55. The van der Waals surface area contributed by atoms with Gasteiger partial charge < -0.3 is 9.73 Å². The summed E-state index contributed by atoms with van der Waals surface area (Å²) in [6.07, 6.45) is 2.29. The first kappa shape index (κ1) is 14.6. The lowest BCUT2D eigenvalue weighted by Gasteiger charge is -2.17. The molecule has 0 aliphatic carbocycles. The molecule has 0 spiro atoms. The summed E-state index contributed by atoms with van der Waals surface area (Å²) in [6.45, 7) is 2.84. The monoisotopic (exact) mass is 345 g/mol. The Kier molecular flexibility index (Phi) is 5.02. The van der Waals surface area contributed by atoms with Gasteiger partial charge in [-0.3, -0.25) is 0 Å². The van der Waals surface area contributed by atoms with E-state index < -0.39 is 0 Å². The minimum absolute atomic E-state index is 0.0496. The van der Waals surface area contributed by atoms with Gasteiger partial charge in [0.15, 0.2) is 5.22 Å². The number of furan rings is 1. The summed E-state index contributed by atoms with van der Waals surface area (Å²) in [4.78, 5) is 0. The van der Waals surface area contributed by atoms with Crippen LogP contribution in [0, 0.1) is 5.82 Å². The zero-order valence-electron chi connectivity index (χ0n) is 10.4. The van der Waals surface area contributed by atoms with Crippen molar-refractivity contribution in [1.82, 2.24) is 5.32 Å². The summed E-state index contributed by atoms with van der Waals surface area (Å²) in [5, 5.41) is 3.75. The molecular formula is C14H14BrClFNO. The standard InChI is InChI=1S/C14H14BrClFNO/c1-2-18-13(10-5-6-19-14(10)16)8-9-3-4-12(17)11(15)7-9/h3-7,13,18H,2,8H2,1H3. The molecule has 2 aromatic rings. The highest BCUT2D eigenvalue weighted by molar-refractivity contribution is 9.10. The van der Waals surface area contributed by atoms with E-state index in [-0.39, 0.29) is 11.9 Å². The smallest absolute Gasteiger partial charge is 0.197 e. The van der Waals surface area contributed by atoms with Crippen molar-refractivity contribution >= 4 is 27.5 Å². The van der Waals surface area contributed by atoms with Crippen molar-refractivity contribution in [1.29, 1.82) is 0 Å². The van der Waals surface area contributed by atoms with Crippen LogP contribution in [-0.4, -0.2) is 6.54 Å². The van der Waals surface area contributed by atoms with Gasteiger partial charge in [-0.25, -0.2) is 4.39 Å². The van der Waals surface area contributed by atoms with Crippen LogP contribution in [-0.2, 0) is 6.42 Å². The van der Waals surface area contributed by atoms with Crippen molar-refractivity contribution < 1.29 is 8.81 Å². The van der Waals surface area contributed by atoms with Gasteiger partial charge in [-0.15, -0.1) is 0 Å². The number of rotatable bonds is 5. The van der Waals surface area contributed by atoms with Gasteiger partial charge in [0, 0.05) is 11.6 Å². The first-order valence-corrected chi connectivity index (χ1v) is 7.19. The van der Waals surface area contributed by atoms with E-state index in [4.69, 9.17) is 16.0 Å². The molecule has 1 aromatic carbocycles. The highest BCUT2D eigenvalue weighted by atomic mass is 79.9. The Labute approximate surface area is 125 Å². The van der Waals surface area contributed by atoms with Gasteiger partial charge in [0.2, 0.25) is 0 Å². The fourth-order valence-corrected chi connectivity index (χ4v) is 2.67. The zero-order chi connectivity index (χ0) is 13.8. The maximum absolute atomic E-state index is 13.2. The van der Waals surface area contributed by atoms with Crippen LogP contribution in [0.4, 0.5) is 4.39 Å². The summed E-state index contributed by atoms with van der Waals surface area (Å²) in [7, 11) is 0. The van der Waals surface area contributed by atoms with E-state index in [1.165, 1.54) is 6.07 Å². The molecule has 0 aliphatic rings. The summed E-state index contributed by atoms with van der Waals surface area (Å²) in [6, 6.07) is 6.92. The molecule has 2 rings (SSSR count). The quantitative estimate of drug-likeness (QED) is 0.847. The van der Waals surface area contributed by atoms with Crippen LogP contribution < -0.4 is 5.32 Å². The van der Waals surface area contributed by atoms with Crippen LogP contribution in [0.5, 0.6) is 0 Å². The maximum Gasteiger partial charge on any atom is 0.197 e. The molecule has 0 radical (unpaired) electrons. The number of nitrogens with one attached hydrogen (secondary N) is 1. The molecule has 1 unspecified atom stereocenters. The van der Waals surface area contributed by atoms with E-state index in [0.717, 1.165) is 17.7 Å². The molecule has 0 saturated heterocycles. The van der Waals surface area contributed by atoms with Gasteiger partial charge in [-0.05, 0) is 64.3 Å². The van der Waals surface area contributed by atoms with Gasteiger partial charge >= 0.3 is 0 Å². The molecule has 0 amide bonds. The van der Waals surface area contributed by atoms with Crippen molar-refractivity contribution in [2.75, 3.05) is 6.54 Å². The predicted molar refractivity (Wildman–Crippen MR) is 77.9 cm³/mol. The lowest BCUT2D eigenvalue weighted by atomic mass is 10.0. The van der Waals surface area contributed by atoms with Crippen molar-refractivity contribution in [3.8, 4) is 0 Å². The first-order valence-electron chi connectivity index (χ1n) is 6.02. The largest absolute Gasteiger partial charge is 0.453 e. The van der Waals surface area contributed by atoms with Crippen molar-refractivity contribution in [2.45, 2.75) is 19.4 Å². The Morgan fingerprint density at radius 1 is 1.42 bits per heavy atom. The Hall–Kier alpha value is -0.840. The van der Waals surface area contributed by atoms with Gasteiger partial charge in [0.25, 0.3) is 0 Å². The topological polar surface area (TPSA) is 25.2 Å². The zero-order valence-corrected chi connectivity index (χ0v) is 12.8. The van der Waals surface area contributed by atoms with E-state index >= 15 is 0 Å². The highest BCUT2D eigenvalue weighted by Gasteiger charge is 2.17. The van der Waals surface area contributed by atoms with Gasteiger partial charge in [0.05, 0.1) is 10.7 Å². The van der Waals surface area contributed by atoms with E-state index in [9.17, 15) is 4.39 Å². The van der Waals surface area contributed by atoms with Crippen LogP contribution in [0.15, 0.2) is 39.4 Å². The Morgan fingerprint density at radius 2 is 2.21 bits per heavy atom. The Bertz CT molecular complexity index is 558. The third-order valence-corrected chi connectivity index (χ3v) is 3.81. The molecule has 0 bridgehead atoms. The van der Waals surface area contributed by atoms with E-state index in [1.54, 1.807) is 18.4 Å². The lowest BCUT2D eigenvalue weighted by molar-refractivity contribution is 0.525. The molecule has 1 aromatic heterocycles. The molecule has 1 N–H and O–H groups in total. The summed E-state index contributed by atoms with van der Waals surface area (Å²) >= 11 is 9.22. The SMILES string of the molecule is CCNC(Cc1ccc(F)c(Br)c1)c1ccoc1Cl. The molecule has 0 saturated carbocycles. The minimum Gasteiger partial charge on any atom is -0.453 e. The molecule has 102 valence electrons. The van der Waals surface area contributed by atoms with Crippen molar-refractivity contribution in [3.63, 3.8) is 0 Å². The van der Waals surface area contributed by atoms with Gasteiger partial charge in [0.1, 0.15) is 5.82 Å². The number of hydrogen-bond acceptors (Lipinski definition) is 2. The number of benzene rings is 1. The first-order chi connectivity index (χ1) is 9.11. The van der Waals surface area contributed by atoms with Crippen LogP contribution in [0.1, 0.15) is 24.1 Å². The van der Waals surface area contributed by atoms with Gasteiger partial charge in [-0.2, -0.15) is 0 Å². The molecule has 1 heterocycles. The third kappa shape index (κ3) is 3.59. The summed E-state index contributed by atoms with van der Waals surface area (Å²) in [5.74, 6) is -0.259. The molecule has 5 heteroatoms. The van der Waals surface area contributed by atoms with Crippen LogP contribution in [0.25, 0.3) is 0 Å². The van der Waals surface area contributed by atoms with Crippen LogP contribution >= 0.6 is 27.5 Å². The lowest BCUT2D eigenvalue weighted by Crippen LogP contribution is -2.22. The second-order valence-electron chi connectivity index (χ2n) is 4.21. The van der Waals surface area contributed by atoms with Crippen molar-refractivity contribution in [3.05, 3.63) is 57.2 Å². The third-order valence-electron chi connectivity index (χ3n) is 2.90. The Morgan fingerprint density at radius 3 is 2.79 bits per heavy atom. The fourth-order valence-electron chi connectivity index (χ4n) is 1.99. The highest BCUT2D eigenvalue weighted by Crippen LogP contribution is 2.28. The molecule has 0 aliphatic heterocycles. The average molecular weight is 347 g/mol. The maximum atomic E-state index is 13.2. The number of likely N-dealkylation sites (N-methyl/N-ethyl adjacent to an activating group) is 1. The van der Waals surface area contributed by atoms with Crippen LogP contribution in [0.2, 0.25) is 5.22 Å². The molecular weight excluding hydrogens is 333 g/mol. The normalized spacial score (nSPS) is 12.6. The van der Waals surface area contributed by atoms with E-state index in [2.05, 4.69) is 21.2 Å². The second-order valence-corrected chi connectivity index (χ2v) is 5.41. The number of halogens is 3. The predicted octanol–water partition coefficient (Wildman–Crippen LogP) is 4.73. The fraction of sp³-hybridized carbons (Fsp3) is 0.286. The average Bonchev–Trinajstić information content (AvgIpc) is 2.79. The van der Waals surface area contributed by atoms with Crippen molar-refractivity contribution in [2.24, 2.45) is 0 Å². The molecule has 19 heavy (non-hydrogen) atoms. The minimum atomic E-state index is -0.259. The van der Waals surface area contributed by atoms with E-state index in [0.29, 0.717) is 16.1 Å². The molecule has 1 atom stereocenters. The summed E-state index contributed by atoms with van der Waals surface area (Å²) in [5.41, 5.74) is 1.94. The Balaban J connectivity index is 2.21. The van der Waals surface area contributed by atoms with Crippen LogP contribution in [0.3, 0.4) is 0 Å². The molecule has 2 nitrogen and oxygen atoms in total. The van der Waals surface area contributed by atoms with E-state index in [1.807, 2.05) is 13.0 Å².